The molecule has 0 spiro atoms. The molecule has 0 fully saturated rings. The molecule has 1 amide bonds. The molecule has 2 heterocycles. The molecular formula is C12H8F2N6O2. The first kappa shape index (κ1) is 13.8. The van der Waals surface area contributed by atoms with Gasteiger partial charge in [-0.15, -0.1) is 10.2 Å². The van der Waals surface area contributed by atoms with Gasteiger partial charge in [0.2, 0.25) is 5.82 Å². The standard InChI is InChI=1S/C12H8F2N6O2/c13-6-1-2-7(8(14)3-6)10(11-17-19-20-18-11)16-12(21)9-4-22-5-15-9/h1-5,10H,(H,16,21)(H,17,18,19,20)/t10-/m0/s1. The zero-order valence-corrected chi connectivity index (χ0v) is 10.8. The number of amides is 1. The Hall–Kier alpha value is -3.17. The van der Waals surface area contributed by atoms with Crippen LogP contribution in [-0.2, 0) is 0 Å². The summed E-state index contributed by atoms with van der Waals surface area (Å²) in [6.45, 7) is 0. The topological polar surface area (TPSA) is 110 Å². The lowest BCUT2D eigenvalue weighted by molar-refractivity contribution is 0.0936. The molecule has 0 saturated carbocycles. The third-order valence-electron chi connectivity index (χ3n) is 2.83. The number of benzene rings is 1. The van der Waals surface area contributed by atoms with E-state index in [-0.39, 0.29) is 17.1 Å². The summed E-state index contributed by atoms with van der Waals surface area (Å²) in [5, 5.41) is 15.5. The number of hydrogen-bond donors (Lipinski definition) is 2. The molecule has 8 nitrogen and oxygen atoms in total. The van der Waals surface area contributed by atoms with Gasteiger partial charge in [-0.05, 0) is 6.07 Å². The molecule has 1 aromatic carbocycles. The number of halogens is 2. The van der Waals surface area contributed by atoms with Crippen molar-refractivity contribution in [3.8, 4) is 0 Å². The van der Waals surface area contributed by atoms with Gasteiger partial charge >= 0.3 is 0 Å². The van der Waals surface area contributed by atoms with E-state index in [9.17, 15) is 13.6 Å². The number of H-pyrrole nitrogens is 1. The van der Waals surface area contributed by atoms with Gasteiger partial charge < -0.3 is 9.73 Å². The van der Waals surface area contributed by atoms with E-state index >= 15 is 0 Å². The van der Waals surface area contributed by atoms with Crippen molar-refractivity contribution in [3.05, 3.63) is 59.6 Å². The molecule has 0 aliphatic rings. The fraction of sp³-hybridized carbons (Fsp3) is 0.0833. The summed E-state index contributed by atoms with van der Waals surface area (Å²) >= 11 is 0. The average Bonchev–Trinajstić information content (AvgIpc) is 3.18. The van der Waals surface area contributed by atoms with Gasteiger partial charge in [-0.1, -0.05) is 11.3 Å². The van der Waals surface area contributed by atoms with E-state index in [2.05, 4.69) is 30.9 Å². The van der Waals surface area contributed by atoms with Gasteiger partial charge in [0.25, 0.3) is 5.91 Å². The number of nitrogens with one attached hydrogen (secondary N) is 2. The molecule has 10 heteroatoms. The molecule has 3 aromatic rings. The number of carbonyl (C=O) groups excluding carboxylic acids is 1. The van der Waals surface area contributed by atoms with Crippen LogP contribution in [-0.4, -0.2) is 31.5 Å². The number of rotatable bonds is 4. The van der Waals surface area contributed by atoms with E-state index in [1.54, 1.807) is 0 Å². The molecular weight excluding hydrogens is 298 g/mol. The van der Waals surface area contributed by atoms with Gasteiger partial charge in [0.15, 0.2) is 12.1 Å². The minimum atomic E-state index is -1.07. The lowest BCUT2D eigenvalue weighted by Crippen LogP contribution is -2.31. The lowest BCUT2D eigenvalue weighted by Gasteiger charge is -2.15. The molecule has 2 N–H and O–H groups in total. The van der Waals surface area contributed by atoms with Crippen molar-refractivity contribution in [2.24, 2.45) is 0 Å². The van der Waals surface area contributed by atoms with Crippen molar-refractivity contribution < 1.29 is 18.0 Å². The number of oxazole rings is 1. The SMILES string of the molecule is O=C(N[C@H](c1nn[nH]n1)c1ccc(F)cc1F)c1cocn1. The van der Waals surface area contributed by atoms with Crippen molar-refractivity contribution >= 4 is 5.91 Å². The maximum Gasteiger partial charge on any atom is 0.274 e. The van der Waals surface area contributed by atoms with Gasteiger partial charge in [0.05, 0.1) is 0 Å². The van der Waals surface area contributed by atoms with Crippen LogP contribution in [0.5, 0.6) is 0 Å². The second-order valence-corrected chi connectivity index (χ2v) is 4.22. The third kappa shape index (κ3) is 2.66. The smallest absolute Gasteiger partial charge is 0.274 e. The summed E-state index contributed by atoms with van der Waals surface area (Å²) < 4.78 is 31.7. The molecule has 0 aliphatic heterocycles. The zero-order valence-electron chi connectivity index (χ0n) is 10.8. The number of aromatic amines is 1. The summed E-state index contributed by atoms with van der Waals surface area (Å²) in [6, 6.07) is 1.89. The Morgan fingerprint density at radius 1 is 1.36 bits per heavy atom. The third-order valence-corrected chi connectivity index (χ3v) is 2.83. The molecule has 1 atom stereocenters. The molecule has 22 heavy (non-hydrogen) atoms. The lowest BCUT2D eigenvalue weighted by atomic mass is 10.1. The number of hydrogen-bond acceptors (Lipinski definition) is 6. The highest BCUT2D eigenvalue weighted by atomic mass is 19.1. The number of nitrogens with zero attached hydrogens (tertiary/aromatic N) is 4. The Bertz CT molecular complexity index is 775. The van der Waals surface area contributed by atoms with Crippen LogP contribution in [0.25, 0.3) is 0 Å². The predicted molar refractivity (Wildman–Crippen MR) is 66.3 cm³/mol. The summed E-state index contributed by atoms with van der Waals surface area (Å²) in [7, 11) is 0. The summed E-state index contributed by atoms with van der Waals surface area (Å²) in [4.78, 5) is 15.7. The Kier molecular flexibility index (Phi) is 3.56. The molecule has 2 aromatic heterocycles. The monoisotopic (exact) mass is 306 g/mol. The average molecular weight is 306 g/mol. The highest BCUT2D eigenvalue weighted by Gasteiger charge is 2.25. The second-order valence-electron chi connectivity index (χ2n) is 4.22. The second kappa shape index (κ2) is 5.68. The Morgan fingerprint density at radius 2 is 2.23 bits per heavy atom. The van der Waals surface area contributed by atoms with Crippen LogP contribution in [0.3, 0.4) is 0 Å². The fourth-order valence-electron chi connectivity index (χ4n) is 1.84. The van der Waals surface area contributed by atoms with Crippen LogP contribution in [0.2, 0.25) is 0 Å². The Labute approximate surface area is 121 Å². The van der Waals surface area contributed by atoms with Crippen LogP contribution >= 0.6 is 0 Å². The van der Waals surface area contributed by atoms with E-state index in [0.29, 0.717) is 6.07 Å². The zero-order chi connectivity index (χ0) is 15.5. The van der Waals surface area contributed by atoms with Crippen molar-refractivity contribution in [1.29, 1.82) is 0 Å². The van der Waals surface area contributed by atoms with Gasteiger partial charge in [-0.3, -0.25) is 4.79 Å². The first-order chi connectivity index (χ1) is 10.6. The first-order valence-electron chi connectivity index (χ1n) is 6.02. The molecule has 0 aliphatic carbocycles. The van der Waals surface area contributed by atoms with Crippen molar-refractivity contribution in [2.45, 2.75) is 6.04 Å². The summed E-state index contributed by atoms with van der Waals surface area (Å²) in [5.41, 5.74) is -0.0179. The van der Waals surface area contributed by atoms with Gasteiger partial charge in [-0.2, -0.15) is 5.21 Å². The van der Waals surface area contributed by atoms with Crippen LogP contribution in [0.4, 0.5) is 8.78 Å². The molecule has 112 valence electrons. The highest BCUT2D eigenvalue weighted by molar-refractivity contribution is 5.92. The largest absolute Gasteiger partial charge is 0.451 e. The highest BCUT2D eigenvalue weighted by Crippen LogP contribution is 2.22. The van der Waals surface area contributed by atoms with Crippen LogP contribution in [0.15, 0.2) is 35.3 Å². The maximum atomic E-state index is 14.0. The van der Waals surface area contributed by atoms with Gasteiger partial charge in [-0.25, -0.2) is 13.8 Å². The molecule has 0 radical (unpaired) electrons. The van der Waals surface area contributed by atoms with E-state index in [1.807, 2.05) is 0 Å². The maximum absolute atomic E-state index is 14.0. The summed E-state index contributed by atoms with van der Waals surface area (Å²) in [5.74, 6) is -2.21. The van der Waals surface area contributed by atoms with Gasteiger partial charge in [0, 0.05) is 11.6 Å². The first-order valence-corrected chi connectivity index (χ1v) is 6.02. The van der Waals surface area contributed by atoms with E-state index in [4.69, 9.17) is 4.42 Å². The predicted octanol–water partition coefficient (Wildman–Crippen LogP) is 0.985. The number of tetrazole rings is 1. The van der Waals surface area contributed by atoms with Crippen molar-refractivity contribution in [3.63, 3.8) is 0 Å². The van der Waals surface area contributed by atoms with Gasteiger partial charge in [0.1, 0.15) is 23.9 Å². The van der Waals surface area contributed by atoms with Crippen LogP contribution < -0.4 is 5.32 Å². The molecule has 3 rings (SSSR count). The minimum Gasteiger partial charge on any atom is -0.451 e. The molecule has 0 unspecified atom stereocenters. The minimum absolute atomic E-state index is 0.00369. The normalized spacial score (nSPS) is 12.1. The van der Waals surface area contributed by atoms with E-state index < -0.39 is 23.6 Å². The Morgan fingerprint density at radius 3 is 2.86 bits per heavy atom. The fourth-order valence-corrected chi connectivity index (χ4v) is 1.84. The number of carbonyl (C=O) groups is 1. The van der Waals surface area contributed by atoms with Crippen molar-refractivity contribution in [1.82, 2.24) is 30.9 Å². The molecule has 0 saturated heterocycles. The van der Waals surface area contributed by atoms with E-state index in [1.165, 1.54) is 6.07 Å². The van der Waals surface area contributed by atoms with Crippen LogP contribution in [0, 0.1) is 11.6 Å². The van der Waals surface area contributed by atoms with Crippen molar-refractivity contribution in [2.75, 3.05) is 0 Å². The van der Waals surface area contributed by atoms with E-state index in [0.717, 1.165) is 18.7 Å². The quantitative estimate of drug-likeness (QED) is 0.743. The Balaban J connectivity index is 1.96. The van der Waals surface area contributed by atoms with Crippen LogP contribution in [0.1, 0.15) is 27.9 Å². The number of aromatic nitrogens is 5. The summed E-state index contributed by atoms with van der Waals surface area (Å²) in [6.07, 6.45) is 2.21. The molecule has 0 bridgehead atoms.